The zero-order chi connectivity index (χ0) is 28.7. The summed E-state index contributed by atoms with van der Waals surface area (Å²) >= 11 is 0. The molecular formula is C20H20FeN14O6. The third kappa shape index (κ3) is 9.77. The van der Waals surface area contributed by atoms with Crippen molar-refractivity contribution in [1.29, 1.82) is 0 Å². The molecule has 0 saturated heterocycles. The van der Waals surface area contributed by atoms with Crippen LogP contribution in [-0.4, -0.2) is 68.9 Å². The molecule has 6 aromatic heterocycles. The van der Waals surface area contributed by atoms with Crippen LogP contribution in [0.4, 0.5) is 0 Å². The summed E-state index contributed by atoms with van der Waals surface area (Å²) in [6.45, 7) is 0. The molecule has 0 aromatic carbocycles. The fourth-order valence-corrected chi connectivity index (χ4v) is 3.23. The van der Waals surface area contributed by atoms with E-state index in [0.29, 0.717) is 0 Å². The molecule has 6 aromatic rings. The fraction of sp³-hybridized carbons (Fsp3) is 0.100. The van der Waals surface area contributed by atoms with E-state index in [9.17, 15) is 0 Å². The van der Waals surface area contributed by atoms with E-state index in [1.165, 1.54) is 0 Å². The summed E-state index contributed by atoms with van der Waals surface area (Å²) in [5.74, 6) is 0. The van der Waals surface area contributed by atoms with Crippen LogP contribution in [0.3, 0.4) is 0 Å². The van der Waals surface area contributed by atoms with Crippen LogP contribution in [0.1, 0.15) is 12.6 Å². The van der Waals surface area contributed by atoms with Gasteiger partial charge < -0.3 is 30.6 Å². The monoisotopic (exact) mass is 608 g/mol. The van der Waals surface area contributed by atoms with Crippen molar-refractivity contribution in [3.05, 3.63) is 141 Å². The van der Waals surface area contributed by atoms with Crippen LogP contribution in [0, 0.1) is 30.6 Å². The van der Waals surface area contributed by atoms with Gasteiger partial charge in [0.25, 0.3) is 0 Å². The van der Waals surface area contributed by atoms with Gasteiger partial charge in [-0.3, -0.25) is 0 Å². The van der Waals surface area contributed by atoms with Crippen LogP contribution in [-0.2, 0) is 17.1 Å². The summed E-state index contributed by atoms with van der Waals surface area (Å²) < 4.78 is 10.8. The molecule has 0 radical (unpaired) electrons. The molecular weight excluding hydrogens is 588 g/mol. The average Bonchev–Trinajstić information content (AvgIpc) is 3.72. The SMILES string of the molecule is O=[N+]([O-])[O-].O=[N+]([O-])[O-].[Fe+2].c1cnn(C(n2cccn2)n2cccn2)c1.c1cnn(C(n2cccn2)n2cccn2)c1. The molecule has 0 bridgehead atoms. The van der Waals surface area contributed by atoms with E-state index in [1.54, 1.807) is 65.3 Å². The Morgan fingerprint density at radius 1 is 0.415 bits per heavy atom. The van der Waals surface area contributed by atoms with Gasteiger partial charge in [-0.15, -0.1) is 0 Å². The Balaban J connectivity index is 0.000000224. The molecule has 0 aliphatic heterocycles. The second kappa shape index (κ2) is 16.2. The second-order valence-electron chi connectivity index (χ2n) is 7.06. The minimum Gasteiger partial charge on any atom is -0.356 e. The molecule has 21 heteroatoms. The van der Waals surface area contributed by atoms with E-state index in [-0.39, 0.29) is 29.6 Å². The molecule has 214 valence electrons. The van der Waals surface area contributed by atoms with Crippen LogP contribution >= 0.6 is 0 Å². The Morgan fingerprint density at radius 2 is 0.561 bits per heavy atom. The van der Waals surface area contributed by atoms with Gasteiger partial charge in [-0.1, -0.05) is 0 Å². The zero-order valence-corrected chi connectivity index (χ0v) is 21.7. The predicted molar refractivity (Wildman–Crippen MR) is 134 cm³/mol. The molecule has 0 spiro atoms. The topological polar surface area (TPSA) is 239 Å². The molecule has 20 nitrogen and oxygen atoms in total. The van der Waals surface area contributed by atoms with Gasteiger partial charge in [-0.05, 0) is 36.4 Å². The Labute approximate surface area is 240 Å². The summed E-state index contributed by atoms with van der Waals surface area (Å²) in [4.78, 5) is 16.5. The largest absolute Gasteiger partial charge is 2.00 e. The first kappa shape index (κ1) is 31.4. The fourth-order valence-electron chi connectivity index (χ4n) is 3.23. The van der Waals surface area contributed by atoms with Crippen molar-refractivity contribution in [2.75, 3.05) is 0 Å². The summed E-state index contributed by atoms with van der Waals surface area (Å²) in [5.41, 5.74) is 0. The maximum Gasteiger partial charge on any atom is 2.00 e. The molecule has 6 heterocycles. The summed E-state index contributed by atoms with van der Waals surface area (Å²) in [6, 6.07) is 11.2. The van der Waals surface area contributed by atoms with Gasteiger partial charge in [0.2, 0.25) is 12.6 Å². The summed E-state index contributed by atoms with van der Waals surface area (Å²) in [5, 5.41) is 54.8. The Hall–Kier alpha value is -5.82. The van der Waals surface area contributed by atoms with Gasteiger partial charge in [0.15, 0.2) is 0 Å². The number of hydrogen-bond acceptors (Lipinski definition) is 12. The molecule has 0 N–H and O–H groups in total. The number of nitrogens with zero attached hydrogens (tertiary/aromatic N) is 14. The van der Waals surface area contributed by atoms with Crippen molar-refractivity contribution < 1.29 is 27.2 Å². The number of rotatable bonds is 6. The molecule has 0 aliphatic carbocycles. The Bertz CT molecular complexity index is 1190. The van der Waals surface area contributed by atoms with E-state index in [1.807, 2.05) is 73.6 Å². The van der Waals surface area contributed by atoms with Crippen molar-refractivity contribution in [3.8, 4) is 0 Å². The smallest absolute Gasteiger partial charge is 0.356 e. The van der Waals surface area contributed by atoms with Crippen molar-refractivity contribution in [2.24, 2.45) is 0 Å². The molecule has 0 atom stereocenters. The third-order valence-electron chi connectivity index (χ3n) is 4.57. The standard InChI is InChI=1S/2C10H10N6.Fe.2NO3/c2*1-4-11-14(7-1)10(15-8-2-5-12-15)16-9-3-6-13-16;;2*2-1(3)4/h2*1-10H;;;/q;;+2;2*-1. The number of hydrogen-bond donors (Lipinski definition) is 0. The predicted octanol–water partition coefficient (Wildman–Crippen LogP) is 1.18. The van der Waals surface area contributed by atoms with Gasteiger partial charge >= 0.3 is 17.1 Å². The Morgan fingerprint density at radius 3 is 0.659 bits per heavy atom. The first-order chi connectivity index (χ1) is 19.4. The maximum atomic E-state index is 8.25. The van der Waals surface area contributed by atoms with Crippen molar-refractivity contribution >= 4 is 0 Å². The first-order valence-corrected chi connectivity index (χ1v) is 10.9. The summed E-state index contributed by atoms with van der Waals surface area (Å²) in [7, 11) is 0. The van der Waals surface area contributed by atoms with Crippen LogP contribution in [0.15, 0.2) is 111 Å². The van der Waals surface area contributed by atoms with Gasteiger partial charge in [0.05, 0.1) is 10.2 Å². The first-order valence-electron chi connectivity index (χ1n) is 10.9. The molecule has 0 saturated carbocycles. The van der Waals surface area contributed by atoms with Crippen molar-refractivity contribution in [1.82, 2.24) is 58.7 Å². The molecule has 6 rings (SSSR count). The molecule has 0 amide bonds. The van der Waals surface area contributed by atoms with Crippen LogP contribution in [0.5, 0.6) is 0 Å². The molecule has 0 fully saturated rings. The second-order valence-corrected chi connectivity index (χ2v) is 7.06. The van der Waals surface area contributed by atoms with Crippen molar-refractivity contribution in [3.63, 3.8) is 0 Å². The third-order valence-corrected chi connectivity index (χ3v) is 4.57. The molecule has 0 unspecified atom stereocenters. The normalized spacial score (nSPS) is 9.80. The van der Waals surface area contributed by atoms with Crippen molar-refractivity contribution in [2.45, 2.75) is 12.6 Å². The van der Waals surface area contributed by atoms with Gasteiger partial charge in [0.1, 0.15) is 0 Å². The molecule has 0 aliphatic rings. The van der Waals surface area contributed by atoms with E-state index in [0.717, 1.165) is 0 Å². The van der Waals surface area contributed by atoms with Crippen LogP contribution < -0.4 is 0 Å². The van der Waals surface area contributed by atoms with Gasteiger partial charge in [-0.2, -0.15) is 30.6 Å². The van der Waals surface area contributed by atoms with Gasteiger partial charge in [-0.25, -0.2) is 28.1 Å². The summed E-state index contributed by atoms with van der Waals surface area (Å²) in [6.07, 6.45) is 21.3. The molecule has 41 heavy (non-hydrogen) atoms. The quantitative estimate of drug-likeness (QED) is 0.147. The minimum absolute atomic E-state index is 0. The minimum atomic E-state index is -1.75. The Kier molecular flexibility index (Phi) is 12.4. The van der Waals surface area contributed by atoms with E-state index < -0.39 is 10.2 Å². The zero-order valence-electron chi connectivity index (χ0n) is 20.6. The average molecular weight is 608 g/mol. The maximum absolute atomic E-state index is 8.25. The van der Waals surface area contributed by atoms with E-state index in [2.05, 4.69) is 30.6 Å². The van der Waals surface area contributed by atoms with E-state index in [4.69, 9.17) is 30.6 Å². The van der Waals surface area contributed by atoms with Crippen LogP contribution in [0.2, 0.25) is 0 Å². The van der Waals surface area contributed by atoms with Gasteiger partial charge in [0, 0.05) is 74.4 Å². The van der Waals surface area contributed by atoms with Crippen LogP contribution in [0.25, 0.3) is 0 Å². The van der Waals surface area contributed by atoms with E-state index >= 15 is 0 Å². The number of aromatic nitrogens is 12.